The highest BCUT2D eigenvalue weighted by molar-refractivity contribution is 7.13. The van der Waals surface area contributed by atoms with Gasteiger partial charge in [0, 0.05) is 38.0 Å². The molecule has 7 heteroatoms. The fourth-order valence-corrected chi connectivity index (χ4v) is 4.51. The number of rotatable bonds is 4. The molecule has 1 amide bonds. The highest BCUT2D eigenvalue weighted by atomic mass is 32.1. The van der Waals surface area contributed by atoms with Crippen molar-refractivity contribution in [1.29, 1.82) is 0 Å². The lowest BCUT2D eigenvalue weighted by Gasteiger charge is -2.22. The van der Waals surface area contributed by atoms with E-state index in [2.05, 4.69) is 31.7 Å². The molecular formula is C20H25N5OS. The van der Waals surface area contributed by atoms with Gasteiger partial charge in [0.15, 0.2) is 5.13 Å². The van der Waals surface area contributed by atoms with Gasteiger partial charge in [0.25, 0.3) is 0 Å². The number of anilines is 1. The van der Waals surface area contributed by atoms with Crippen molar-refractivity contribution in [2.45, 2.75) is 33.2 Å². The largest absolute Gasteiger partial charge is 0.346 e. The monoisotopic (exact) mass is 383 g/mol. The van der Waals surface area contributed by atoms with Gasteiger partial charge >= 0.3 is 0 Å². The predicted molar refractivity (Wildman–Crippen MR) is 109 cm³/mol. The van der Waals surface area contributed by atoms with Gasteiger partial charge in [0.1, 0.15) is 12.4 Å². The summed E-state index contributed by atoms with van der Waals surface area (Å²) in [5.41, 5.74) is 3.06. The predicted octanol–water partition coefficient (Wildman–Crippen LogP) is 3.10. The van der Waals surface area contributed by atoms with Gasteiger partial charge in [-0.25, -0.2) is 9.97 Å². The minimum Gasteiger partial charge on any atom is -0.346 e. The molecule has 1 saturated heterocycles. The molecule has 27 heavy (non-hydrogen) atoms. The summed E-state index contributed by atoms with van der Waals surface area (Å²) in [6.07, 6.45) is 1.79. The molecule has 4 rings (SSSR count). The van der Waals surface area contributed by atoms with E-state index < -0.39 is 0 Å². The van der Waals surface area contributed by atoms with Crippen molar-refractivity contribution in [1.82, 2.24) is 19.4 Å². The number of hydrogen-bond donors (Lipinski definition) is 0. The summed E-state index contributed by atoms with van der Waals surface area (Å²) in [5, 5.41) is 3.15. The molecule has 142 valence electrons. The lowest BCUT2D eigenvalue weighted by atomic mass is 10.3. The van der Waals surface area contributed by atoms with Gasteiger partial charge in [-0.15, -0.1) is 11.3 Å². The van der Waals surface area contributed by atoms with E-state index in [1.54, 1.807) is 11.3 Å². The Morgan fingerprint density at radius 3 is 2.78 bits per heavy atom. The van der Waals surface area contributed by atoms with Crippen LogP contribution in [0.2, 0.25) is 0 Å². The zero-order valence-electron chi connectivity index (χ0n) is 15.9. The van der Waals surface area contributed by atoms with Crippen LogP contribution in [0.1, 0.15) is 24.9 Å². The molecule has 6 nitrogen and oxygen atoms in total. The quantitative estimate of drug-likeness (QED) is 0.695. The number of amides is 1. The number of imidazole rings is 1. The third kappa shape index (κ3) is 3.69. The molecule has 0 saturated carbocycles. The van der Waals surface area contributed by atoms with Crippen molar-refractivity contribution in [2.24, 2.45) is 0 Å². The Kier molecular flexibility index (Phi) is 5.11. The van der Waals surface area contributed by atoms with E-state index in [0.29, 0.717) is 6.54 Å². The van der Waals surface area contributed by atoms with Crippen LogP contribution in [0.15, 0.2) is 29.6 Å². The summed E-state index contributed by atoms with van der Waals surface area (Å²) in [6.45, 7) is 7.80. The lowest BCUT2D eigenvalue weighted by Crippen LogP contribution is -2.37. The highest BCUT2D eigenvalue weighted by Gasteiger charge is 2.22. The topological polar surface area (TPSA) is 54.3 Å². The average Bonchev–Trinajstić information content (AvgIpc) is 3.16. The molecule has 3 aromatic rings. The van der Waals surface area contributed by atoms with Crippen LogP contribution in [0.4, 0.5) is 5.13 Å². The number of carbonyl (C=O) groups excluding carboxylic acids is 1. The molecule has 0 unspecified atom stereocenters. The van der Waals surface area contributed by atoms with Crippen LogP contribution < -0.4 is 4.90 Å². The van der Waals surface area contributed by atoms with E-state index in [1.807, 2.05) is 36.1 Å². The summed E-state index contributed by atoms with van der Waals surface area (Å²) >= 11 is 1.68. The summed E-state index contributed by atoms with van der Waals surface area (Å²) in [5.74, 6) is 1.14. The molecule has 0 atom stereocenters. The first-order chi connectivity index (χ1) is 13.2. The summed E-state index contributed by atoms with van der Waals surface area (Å²) in [6, 6.07) is 8.05. The van der Waals surface area contributed by atoms with Gasteiger partial charge in [-0.1, -0.05) is 19.1 Å². The Morgan fingerprint density at radius 1 is 1.15 bits per heavy atom. The van der Waals surface area contributed by atoms with Crippen LogP contribution in [0.5, 0.6) is 0 Å². The molecule has 2 aromatic heterocycles. The van der Waals surface area contributed by atoms with Crippen LogP contribution in [0.25, 0.3) is 11.0 Å². The van der Waals surface area contributed by atoms with Crippen molar-refractivity contribution in [3.05, 3.63) is 41.2 Å². The van der Waals surface area contributed by atoms with Gasteiger partial charge in [-0.2, -0.15) is 0 Å². The van der Waals surface area contributed by atoms with E-state index in [9.17, 15) is 4.79 Å². The molecule has 1 fully saturated rings. The first kappa shape index (κ1) is 18.0. The SMILES string of the molecule is CCc1nc2ccccc2n1CC(=O)N1CCCN(c2nc(C)cs2)CC1. The fraction of sp³-hybridized carbons (Fsp3) is 0.450. The van der Waals surface area contributed by atoms with E-state index in [1.165, 1.54) is 0 Å². The van der Waals surface area contributed by atoms with E-state index in [0.717, 1.165) is 66.7 Å². The van der Waals surface area contributed by atoms with Crippen LogP contribution in [-0.4, -0.2) is 51.5 Å². The molecule has 0 radical (unpaired) electrons. The van der Waals surface area contributed by atoms with Crippen molar-refractivity contribution in [3.63, 3.8) is 0 Å². The van der Waals surface area contributed by atoms with Crippen LogP contribution in [0.3, 0.4) is 0 Å². The van der Waals surface area contributed by atoms with Gasteiger partial charge < -0.3 is 14.4 Å². The Hall–Kier alpha value is -2.41. The van der Waals surface area contributed by atoms with Gasteiger partial charge in [0.2, 0.25) is 5.91 Å². The van der Waals surface area contributed by atoms with Crippen molar-refractivity contribution >= 4 is 33.4 Å². The third-order valence-electron chi connectivity index (χ3n) is 5.07. The lowest BCUT2D eigenvalue weighted by molar-refractivity contribution is -0.131. The zero-order valence-corrected chi connectivity index (χ0v) is 16.7. The van der Waals surface area contributed by atoms with Crippen LogP contribution in [-0.2, 0) is 17.8 Å². The normalized spacial score (nSPS) is 15.3. The Morgan fingerprint density at radius 2 is 2.00 bits per heavy atom. The molecule has 0 spiro atoms. The maximum absolute atomic E-state index is 13.0. The van der Waals surface area contributed by atoms with E-state index in [4.69, 9.17) is 0 Å². The number of para-hydroxylation sites is 2. The first-order valence-electron chi connectivity index (χ1n) is 9.54. The summed E-state index contributed by atoms with van der Waals surface area (Å²) in [7, 11) is 0. The molecule has 1 aliphatic heterocycles. The smallest absolute Gasteiger partial charge is 0.242 e. The zero-order chi connectivity index (χ0) is 18.8. The number of nitrogens with zero attached hydrogens (tertiary/aromatic N) is 5. The number of aryl methyl sites for hydroxylation is 2. The number of thiazole rings is 1. The number of hydrogen-bond acceptors (Lipinski definition) is 5. The second kappa shape index (κ2) is 7.68. The first-order valence-corrected chi connectivity index (χ1v) is 10.4. The number of aromatic nitrogens is 3. The summed E-state index contributed by atoms with van der Waals surface area (Å²) in [4.78, 5) is 26.6. The number of benzene rings is 1. The Labute approximate surface area is 163 Å². The van der Waals surface area contributed by atoms with Crippen LogP contribution >= 0.6 is 11.3 Å². The second-order valence-corrected chi connectivity index (χ2v) is 7.79. The second-order valence-electron chi connectivity index (χ2n) is 6.95. The van der Waals surface area contributed by atoms with E-state index >= 15 is 0 Å². The standard InChI is InChI=1S/C20H25N5OS/c1-3-18-22-16-7-4-5-8-17(16)25(18)13-19(26)23-9-6-10-24(12-11-23)20-21-15(2)14-27-20/h4-5,7-8,14H,3,6,9-13H2,1-2H3. The maximum Gasteiger partial charge on any atom is 0.242 e. The van der Waals surface area contributed by atoms with Gasteiger partial charge in [-0.3, -0.25) is 4.79 Å². The molecule has 1 aromatic carbocycles. The maximum atomic E-state index is 13.0. The number of carbonyl (C=O) groups is 1. The summed E-state index contributed by atoms with van der Waals surface area (Å²) < 4.78 is 2.07. The molecule has 3 heterocycles. The average molecular weight is 384 g/mol. The van der Waals surface area contributed by atoms with Gasteiger partial charge in [0.05, 0.1) is 16.7 Å². The highest BCUT2D eigenvalue weighted by Crippen LogP contribution is 2.22. The molecule has 0 bridgehead atoms. The van der Waals surface area contributed by atoms with Crippen LogP contribution in [0, 0.1) is 6.92 Å². The third-order valence-corrected chi connectivity index (χ3v) is 6.09. The van der Waals surface area contributed by atoms with Crippen molar-refractivity contribution in [3.8, 4) is 0 Å². The minimum absolute atomic E-state index is 0.171. The van der Waals surface area contributed by atoms with Crippen molar-refractivity contribution < 1.29 is 4.79 Å². The van der Waals surface area contributed by atoms with E-state index in [-0.39, 0.29) is 5.91 Å². The fourth-order valence-electron chi connectivity index (χ4n) is 3.65. The minimum atomic E-state index is 0.171. The molecule has 0 N–H and O–H groups in total. The number of fused-ring (bicyclic) bond motifs is 1. The Balaban J connectivity index is 1.47. The van der Waals surface area contributed by atoms with Gasteiger partial charge in [-0.05, 0) is 25.5 Å². The molecule has 1 aliphatic rings. The molecule has 0 aliphatic carbocycles. The Bertz CT molecular complexity index is 947. The van der Waals surface area contributed by atoms with Crippen molar-refractivity contribution in [2.75, 3.05) is 31.1 Å². The molecular weight excluding hydrogens is 358 g/mol.